The molecule has 4 nitrogen and oxygen atoms in total. The Kier molecular flexibility index (Phi) is 7.74. The van der Waals surface area contributed by atoms with E-state index in [0.717, 1.165) is 41.0 Å². The summed E-state index contributed by atoms with van der Waals surface area (Å²) >= 11 is 0. The number of carbonyl (C=O) groups excluding carboxylic acids is 1. The minimum Gasteiger partial charge on any atom is -0.494 e. The van der Waals surface area contributed by atoms with E-state index in [4.69, 9.17) is 9.72 Å². The Morgan fingerprint density at radius 1 is 0.795 bits per heavy atom. The fourth-order valence-electron chi connectivity index (χ4n) is 5.67. The molecule has 1 aromatic heterocycles. The second-order valence-corrected chi connectivity index (χ2v) is 10.0. The summed E-state index contributed by atoms with van der Waals surface area (Å²) < 4.78 is 8.31. The van der Waals surface area contributed by atoms with Gasteiger partial charge in [-0.1, -0.05) is 91.0 Å². The number of aryl methyl sites for hydroxylation is 3. The predicted molar refractivity (Wildman–Crippen MR) is 157 cm³/mol. The van der Waals surface area contributed by atoms with Gasteiger partial charge in [0.25, 0.3) is 0 Å². The smallest absolute Gasteiger partial charge is 0.160 e. The van der Waals surface area contributed by atoms with E-state index in [0.29, 0.717) is 6.61 Å². The molecule has 1 heterocycles. The van der Waals surface area contributed by atoms with E-state index in [9.17, 15) is 4.79 Å². The van der Waals surface area contributed by atoms with Crippen LogP contribution in [0.2, 0.25) is 0 Å². The van der Waals surface area contributed by atoms with Crippen LogP contribution in [0.1, 0.15) is 57.2 Å². The first-order chi connectivity index (χ1) is 19.0. The first-order valence-electron chi connectivity index (χ1n) is 13.4. The van der Waals surface area contributed by atoms with Crippen LogP contribution in [0.4, 0.5) is 0 Å². The van der Waals surface area contributed by atoms with Crippen molar-refractivity contribution in [1.29, 1.82) is 0 Å². The van der Waals surface area contributed by atoms with E-state index < -0.39 is 5.54 Å². The number of rotatable bonds is 10. The lowest BCUT2D eigenvalue weighted by Gasteiger charge is -2.37. The number of nitrogens with zero attached hydrogens (tertiary/aromatic N) is 2. The van der Waals surface area contributed by atoms with Gasteiger partial charge in [0, 0.05) is 11.8 Å². The van der Waals surface area contributed by atoms with Crippen LogP contribution in [0.5, 0.6) is 5.75 Å². The third-order valence-electron chi connectivity index (χ3n) is 7.30. The summed E-state index contributed by atoms with van der Waals surface area (Å²) in [6.45, 7) is 6.10. The Hall–Kier alpha value is -4.44. The van der Waals surface area contributed by atoms with Crippen LogP contribution in [0.3, 0.4) is 0 Å². The fraction of sp³-hybridized carbons (Fsp3) is 0.200. The molecule has 0 saturated carbocycles. The summed E-state index contributed by atoms with van der Waals surface area (Å²) in [5, 5.41) is 0. The average molecular weight is 515 g/mol. The van der Waals surface area contributed by atoms with Gasteiger partial charge in [0.15, 0.2) is 5.78 Å². The molecule has 0 spiro atoms. The molecule has 0 radical (unpaired) electrons. The van der Waals surface area contributed by atoms with E-state index in [-0.39, 0.29) is 5.78 Å². The SMILES string of the molecule is CC(=O)c1c(C)cc(OCCCc2cn(C(c3ccccc3)(c3ccccc3)c3ccccc3)cn2)cc1C. The lowest BCUT2D eigenvalue weighted by Crippen LogP contribution is -2.36. The zero-order valence-electron chi connectivity index (χ0n) is 22.8. The maximum atomic E-state index is 11.9. The predicted octanol–water partition coefficient (Wildman–Crippen LogP) is 7.55. The van der Waals surface area contributed by atoms with Gasteiger partial charge >= 0.3 is 0 Å². The van der Waals surface area contributed by atoms with E-state index >= 15 is 0 Å². The monoisotopic (exact) mass is 514 g/mol. The van der Waals surface area contributed by atoms with Gasteiger partial charge < -0.3 is 9.30 Å². The second kappa shape index (κ2) is 11.5. The fourth-order valence-corrected chi connectivity index (χ4v) is 5.67. The van der Waals surface area contributed by atoms with Crippen molar-refractivity contribution in [1.82, 2.24) is 9.55 Å². The van der Waals surface area contributed by atoms with Crippen molar-refractivity contribution >= 4 is 5.78 Å². The summed E-state index contributed by atoms with van der Waals surface area (Å²) in [4.78, 5) is 16.7. The number of aromatic nitrogens is 2. The van der Waals surface area contributed by atoms with E-state index in [2.05, 4.69) is 102 Å². The van der Waals surface area contributed by atoms with Gasteiger partial charge in [0.05, 0.1) is 18.6 Å². The van der Waals surface area contributed by atoms with Crippen molar-refractivity contribution in [2.75, 3.05) is 6.61 Å². The number of ketones is 1. The van der Waals surface area contributed by atoms with E-state index in [1.807, 2.05) is 32.3 Å². The van der Waals surface area contributed by atoms with Crippen molar-refractivity contribution in [3.05, 3.63) is 155 Å². The molecule has 0 aliphatic heterocycles. The molecule has 0 unspecified atom stereocenters. The van der Waals surface area contributed by atoms with Crippen LogP contribution in [0.25, 0.3) is 0 Å². The van der Waals surface area contributed by atoms with Gasteiger partial charge in [0.2, 0.25) is 0 Å². The first kappa shape index (κ1) is 26.2. The number of imidazole rings is 1. The standard InChI is InChI=1S/C35H34N2O2/c1-26-22-33(23-27(2)34(26)28(3)38)39-21-13-20-32-24-37(25-36-32)35(29-14-7-4-8-15-29,30-16-9-5-10-17-30)31-18-11-6-12-19-31/h4-12,14-19,22-25H,13,20-21H2,1-3H3. The highest BCUT2D eigenvalue weighted by molar-refractivity contribution is 5.97. The van der Waals surface area contributed by atoms with Crippen molar-refractivity contribution in [2.24, 2.45) is 0 Å². The number of ether oxygens (including phenoxy) is 1. The maximum absolute atomic E-state index is 11.9. The number of Topliss-reactive ketones (excluding diaryl/α,β-unsaturated/α-hetero) is 1. The summed E-state index contributed by atoms with van der Waals surface area (Å²) in [6.07, 6.45) is 5.75. The highest BCUT2D eigenvalue weighted by Gasteiger charge is 2.38. The second-order valence-electron chi connectivity index (χ2n) is 10.0. The summed E-state index contributed by atoms with van der Waals surface area (Å²) in [5.41, 5.74) is 6.68. The van der Waals surface area contributed by atoms with Crippen molar-refractivity contribution in [3.63, 3.8) is 0 Å². The maximum Gasteiger partial charge on any atom is 0.160 e. The van der Waals surface area contributed by atoms with Crippen molar-refractivity contribution in [3.8, 4) is 5.75 Å². The molecule has 0 amide bonds. The minimum atomic E-state index is -0.557. The zero-order valence-corrected chi connectivity index (χ0v) is 22.8. The molecule has 0 aliphatic rings. The topological polar surface area (TPSA) is 44.1 Å². The summed E-state index contributed by atoms with van der Waals surface area (Å²) in [7, 11) is 0. The number of benzene rings is 4. The zero-order chi connectivity index (χ0) is 27.2. The number of carbonyl (C=O) groups is 1. The molecule has 0 N–H and O–H groups in total. The summed E-state index contributed by atoms with van der Waals surface area (Å²) in [5.74, 6) is 0.890. The van der Waals surface area contributed by atoms with Crippen LogP contribution in [0.15, 0.2) is 116 Å². The molecule has 39 heavy (non-hydrogen) atoms. The van der Waals surface area contributed by atoms with Crippen LogP contribution >= 0.6 is 0 Å². The number of hydrogen-bond donors (Lipinski definition) is 0. The lowest BCUT2D eigenvalue weighted by molar-refractivity contribution is 0.101. The highest BCUT2D eigenvalue weighted by Crippen LogP contribution is 2.40. The summed E-state index contributed by atoms with van der Waals surface area (Å²) in [6, 6.07) is 35.8. The van der Waals surface area contributed by atoms with Gasteiger partial charge in [-0.15, -0.1) is 0 Å². The molecule has 0 fully saturated rings. The molecule has 0 bridgehead atoms. The van der Waals surface area contributed by atoms with Crippen LogP contribution in [0, 0.1) is 13.8 Å². The molecule has 4 heteroatoms. The minimum absolute atomic E-state index is 0.0877. The Labute approximate surface area is 230 Å². The quantitative estimate of drug-likeness (QED) is 0.110. The van der Waals surface area contributed by atoms with Gasteiger partial charge in [-0.05, 0) is 73.6 Å². The molecule has 196 valence electrons. The molecule has 0 aliphatic carbocycles. The highest BCUT2D eigenvalue weighted by atomic mass is 16.5. The van der Waals surface area contributed by atoms with Gasteiger partial charge in [-0.3, -0.25) is 4.79 Å². The molecular weight excluding hydrogens is 480 g/mol. The third-order valence-corrected chi connectivity index (χ3v) is 7.30. The first-order valence-corrected chi connectivity index (χ1v) is 13.4. The molecule has 0 saturated heterocycles. The lowest BCUT2D eigenvalue weighted by atomic mass is 9.77. The Bertz CT molecular complexity index is 1420. The molecule has 0 atom stereocenters. The normalized spacial score (nSPS) is 11.4. The van der Waals surface area contributed by atoms with E-state index in [1.165, 1.54) is 16.7 Å². The van der Waals surface area contributed by atoms with Crippen molar-refractivity contribution < 1.29 is 9.53 Å². The Morgan fingerprint density at radius 2 is 1.28 bits per heavy atom. The van der Waals surface area contributed by atoms with Gasteiger partial charge in [0.1, 0.15) is 11.3 Å². The van der Waals surface area contributed by atoms with Gasteiger partial charge in [-0.2, -0.15) is 0 Å². The Balaban J connectivity index is 1.41. The molecule has 4 aromatic carbocycles. The third kappa shape index (κ3) is 5.28. The van der Waals surface area contributed by atoms with Crippen LogP contribution in [-0.4, -0.2) is 21.9 Å². The molecule has 5 aromatic rings. The van der Waals surface area contributed by atoms with Gasteiger partial charge in [-0.25, -0.2) is 4.98 Å². The van der Waals surface area contributed by atoms with Crippen LogP contribution in [-0.2, 0) is 12.0 Å². The largest absolute Gasteiger partial charge is 0.494 e. The van der Waals surface area contributed by atoms with Crippen LogP contribution < -0.4 is 4.74 Å². The Morgan fingerprint density at radius 3 is 1.74 bits per heavy atom. The molecule has 5 rings (SSSR count). The van der Waals surface area contributed by atoms with Crippen molar-refractivity contribution in [2.45, 2.75) is 39.2 Å². The molecular formula is C35H34N2O2. The average Bonchev–Trinajstić information content (AvgIpc) is 3.42. The number of hydrogen-bond acceptors (Lipinski definition) is 3. The van der Waals surface area contributed by atoms with E-state index in [1.54, 1.807) is 6.92 Å².